The smallest absolute Gasteiger partial charge is 0.220 e. The number of carbonyl (C=O) groups is 1. The Hall–Kier alpha value is -0.870. The summed E-state index contributed by atoms with van der Waals surface area (Å²) in [5.41, 5.74) is 1.31. The minimum atomic E-state index is 0.185. The van der Waals surface area contributed by atoms with Gasteiger partial charge in [-0.3, -0.25) is 4.79 Å². The topological polar surface area (TPSA) is 41.1 Å². The van der Waals surface area contributed by atoms with Crippen LogP contribution < -0.4 is 10.6 Å². The van der Waals surface area contributed by atoms with E-state index in [9.17, 15) is 4.79 Å². The molecule has 0 spiro atoms. The molecule has 2 N–H and O–H groups in total. The van der Waals surface area contributed by atoms with Gasteiger partial charge in [-0.1, -0.05) is 0 Å². The fourth-order valence-electron chi connectivity index (χ4n) is 2.12. The van der Waals surface area contributed by atoms with E-state index in [4.69, 9.17) is 0 Å². The molecule has 3 nitrogen and oxygen atoms in total. The van der Waals surface area contributed by atoms with E-state index in [2.05, 4.69) is 29.0 Å². The first-order valence-electron chi connectivity index (χ1n) is 6.26. The van der Waals surface area contributed by atoms with Gasteiger partial charge in [-0.15, -0.1) is 11.3 Å². The van der Waals surface area contributed by atoms with Crippen LogP contribution in [0.4, 0.5) is 0 Å². The van der Waals surface area contributed by atoms with Crippen LogP contribution in [0, 0.1) is 12.8 Å². The average molecular weight is 252 g/mol. The molecule has 4 heteroatoms. The maximum Gasteiger partial charge on any atom is 0.220 e. The molecular weight excluding hydrogens is 232 g/mol. The van der Waals surface area contributed by atoms with Crippen molar-refractivity contribution >= 4 is 17.2 Å². The zero-order valence-corrected chi connectivity index (χ0v) is 11.1. The van der Waals surface area contributed by atoms with Crippen molar-refractivity contribution in [1.82, 2.24) is 10.6 Å². The third-order valence-corrected chi connectivity index (χ3v) is 4.38. The standard InChI is InChI=1S/C13H20N2OS/c1-10-5-7-17-12(10)2-3-13(16)15-9-11-4-6-14-8-11/h5,7,11,14H,2-4,6,8-9H2,1H3,(H,15,16). The van der Waals surface area contributed by atoms with E-state index < -0.39 is 0 Å². The number of amides is 1. The number of aryl methyl sites for hydroxylation is 2. The lowest BCUT2D eigenvalue weighted by atomic mass is 10.1. The molecule has 1 aliphatic heterocycles. The minimum absolute atomic E-state index is 0.185. The quantitative estimate of drug-likeness (QED) is 0.837. The molecule has 2 rings (SSSR count). The fraction of sp³-hybridized carbons (Fsp3) is 0.615. The molecule has 1 atom stereocenters. The van der Waals surface area contributed by atoms with Crippen molar-refractivity contribution in [2.45, 2.75) is 26.2 Å². The van der Waals surface area contributed by atoms with Crippen molar-refractivity contribution in [1.29, 1.82) is 0 Å². The summed E-state index contributed by atoms with van der Waals surface area (Å²) < 4.78 is 0. The summed E-state index contributed by atoms with van der Waals surface area (Å²) >= 11 is 1.74. The van der Waals surface area contributed by atoms with Crippen LogP contribution in [0.1, 0.15) is 23.3 Å². The van der Waals surface area contributed by atoms with Gasteiger partial charge in [0, 0.05) is 17.8 Å². The Bertz CT molecular complexity index is 369. The Labute approximate surface area is 107 Å². The molecule has 94 valence electrons. The van der Waals surface area contributed by atoms with Gasteiger partial charge in [-0.05, 0) is 55.8 Å². The SMILES string of the molecule is Cc1ccsc1CCC(=O)NCC1CCNC1. The normalized spacial score (nSPS) is 19.5. The van der Waals surface area contributed by atoms with Crippen LogP contribution in [0.5, 0.6) is 0 Å². The molecule has 0 bridgehead atoms. The third-order valence-electron chi connectivity index (χ3n) is 3.30. The fourth-order valence-corrected chi connectivity index (χ4v) is 3.03. The Balaban J connectivity index is 1.65. The third kappa shape index (κ3) is 3.82. The Morgan fingerprint density at radius 1 is 1.65 bits per heavy atom. The van der Waals surface area contributed by atoms with Crippen LogP contribution in [0.3, 0.4) is 0 Å². The Morgan fingerprint density at radius 2 is 2.53 bits per heavy atom. The van der Waals surface area contributed by atoms with Crippen LogP contribution in [0.2, 0.25) is 0 Å². The monoisotopic (exact) mass is 252 g/mol. The summed E-state index contributed by atoms with van der Waals surface area (Å²) in [6.07, 6.45) is 2.67. The van der Waals surface area contributed by atoms with E-state index in [0.29, 0.717) is 12.3 Å². The molecule has 17 heavy (non-hydrogen) atoms. The van der Waals surface area contributed by atoms with Crippen LogP contribution in [-0.4, -0.2) is 25.5 Å². The molecule has 1 fully saturated rings. The molecule has 1 aromatic heterocycles. The van der Waals surface area contributed by atoms with Crippen LogP contribution in [-0.2, 0) is 11.2 Å². The predicted octanol–water partition coefficient (Wildman–Crippen LogP) is 1.71. The van der Waals surface area contributed by atoms with Crippen LogP contribution >= 0.6 is 11.3 Å². The molecule has 1 saturated heterocycles. The van der Waals surface area contributed by atoms with Gasteiger partial charge < -0.3 is 10.6 Å². The Kier molecular flexibility index (Phi) is 4.57. The second-order valence-electron chi connectivity index (χ2n) is 4.69. The van der Waals surface area contributed by atoms with Gasteiger partial charge in [0.1, 0.15) is 0 Å². The number of nitrogens with one attached hydrogen (secondary N) is 2. The summed E-state index contributed by atoms with van der Waals surface area (Å²) in [5.74, 6) is 0.812. The maximum absolute atomic E-state index is 11.7. The molecule has 2 heterocycles. The molecule has 0 radical (unpaired) electrons. The second-order valence-corrected chi connectivity index (χ2v) is 5.69. The van der Waals surface area contributed by atoms with E-state index in [-0.39, 0.29) is 5.91 Å². The lowest BCUT2D eigenvalue weighted by molar-refractivity contribution is -0.121. The molecule has 0 aromatic carbocycles. The molecular formula is C13H20N2OS. The zero-order valence-electron chi connectivity index (χ0n) is 10.3. The van der Waals surface area contributed by atoms with Crippen molar-refractivity contribution in [3.63, 3.8) is 0 Å². The van der Waals surface area contributed by atoms with Gasteiger partial charge in [0.2, 0.25) is 5.91 Å². The van der Waals surface area contributed by atoms with Crippen LogP contribution in [0.25, 0.3) is 0 Å². The average Bonchev–Trinajstić information content (AvgIpc) is 2.95. The van der Waals surface area contributed by atoms with E-state index in [0.717, 1.165) is 26.1 Å². The summed E-state index contributed by atoms with van der Waals surface area (Å²) in [5, 5.41) is 8.43. The van der Waals surface area contributed by atoms with Gasteiger partial charge in [0.15, 0.2) is 0 Å². The van der Waals surface area contributed by atoms with Gasteiger partial charge in [0.05, 0.1) is 0 Å². The van der Waals surface area contributed by atoms with Gasteiger partial charge in [-0.25, -0.2) is 0 Å². The number of hydrogen-bond acceptors (Lipinski definition) is 3. The second kappa shape index (κ2) is 6.17. The molecule has 1 unspecified atom stereocenters. The highest BCUT2D eigenvalue weighted by molar-refractivity contribution is 7.10. The maximum atomic E-state index is 11.7. The molecule has 1 aliphatic rings. The highest BCUT2D eigenvalue weighted by atomic mass is 32.1. The first-order chi connectivity index (χ1) is 8.25. The predicted molar refractivity (Wildman–Crippen MR) is 71.4 cm³/mol. The number of carbonyl (C=O) groups excluding carboxylic acids is 1. The van der Waals surface area contributed by atoms with Gasteiger partial charge in [-0.2, -0.15) is 0 Å². The van der Waals surface area contributed by atoms with E-state index in [1.54, 1.807) is 11.3 Å². The largest absolute Gasteiger partial charge is 0.356 e. The van der Waals surface area contributed by atoms with E-state index in [1.807, 2.05) is 0 Å². The molecule has 1 aromatic rings. The van der Waals surface area contributed by atoms with Gasteiger partial charge in [0.25, 0.3) is 0 Å². The van der Waals surface area contributed by atoms with Crippen molar-refractivity contribution in [3.8, 4) is 0 Å². The lowest BCUT2D eigenvalue weighted by Crippen LogP contribution is -2.30. The van der Waals surface area contributed by atoms with Crippen LogP contribution in [0.15, 0.2) is 11.4 Å². The van der Waals surface area contributed by atoms with Gasteiger partial charge >= 0.3 is 0 Å². The molecule has 1 amide bonds. The van der Waals surface area contributed by atoms with Crippen molar-refractivity contribution < 1.29 is 4.79 Å². The Morgan fingerprint density at radius 3 is 3.18 bits per heavy atom. The van der Waals surface area contributed by atoms with E-state index in [1.165, 1.54) is 16.9 Å². The molecule has 0 saturated carbocycles. The number of rotatable bonds is 5. The zero-order chi connectivity index (χ0) is 12.1. The van der Waals surface area contributed by atoms with Crippen molar-refractivity contribution in [3.05, 3.63) is 21.9 Å². The number of hydrogen-bond donors (Lipinski definition) is 2. The summed E-state index contributed by atoms with van der Waals surface area (Å²) in [6.45, 7) is 5.07. The summed E-state index contributed by atoms with van der Waals surface area (Å²) in [4.78, 5) is 13.0. The summed E-state index contributed by atoms with van der Waals surface area (Å²) in [7, 11) is 0. The summed E-state index contributed by atoms with van der Waals surface area (Å²) in [6, 6.07) is 2.11. The first kappa shape index (κ1) is 12.6. The highest BCUT2D eigenvalue weighted by Gasteiger charge is 2.15. The van der Waals surface area contributed by atoms with E-state index >= 15 is 0 Å². The van der Waals surface area contributed by atoms with Crippen molar-refractivity contribution in [2.75, 3.05) is 19.6 Å². The first-order valence-corrected chi connectivity index (χ1v) is 7.14. The minimum Gasteiger partial charge on any atom is -0.356 e. The van der Waals surface area contributed by atoms with Crippen molar-refractivity contribution in [2.24, 2.45) is 5.92 Å². The molecule has 0 aliphatic carbocycles. The highest BCUT2D eigenvalue weighted by Crippen LogP contribution is 2.17. The number of thiophene rings is 1. The lowest BCUT2D eigenvalue weighted by Gasteiger charge is -2.09.